The molecule has 0 spiro atoms. The fraction of sp³-hybridized carbons (Fsp3) is 0.500. The van der Waals surface area contributed by atoms with Crippen LogP contribution in [0.15, 0.2) is 24.8 Å². The van der Waals surface area contributed by atoms with Crippen LogP contribution in [0.3, 0.4) is 0 Å². The lowest BCUT2D eigenvalue weighted by Crippen LogP contribution is -1.98. The minimum Gasteiger partial charge on any atom is -0.246 e. The molecule has 9 heavy (non-hydrogen) atoms. The van der Waals surface area contributed by atoms with Gasteiger partial charge < -0.3 is 0 Å². The molecule has 0 aromatic heterocycles. The highest BCUT2D eigenvalue weighted by Crippen LogP contribution is 2.36. The monoisotopic (exact) mass is 144 g/mol. The van der Waals surface area contributed by atoms with Gasteiger partial charge >= 0.3 is 0 Å². The van der Waals surface area contributed by atoms with Crippen molar-refractivity contribution < 1.29 is 0 Å². The molecule has 0 saturated heterocycles. The lowest BCUT2D eigenvalue weighted by molar-refractivity contribution is 1.56. The Labute approximate surface area is 60.0 Å². The summed E-state index contributed by atoms with van der Waals surface area (Å²) in [5.74, 6) is 1.12. The summed E-state index contributed by atoms with van der Waals surface area (Å²) >= 11 is 0. The molecule has 0 aromatic carbocycles. The maximum Gasteiger partial charge on any atom is 0.00116 e. The SMILES string of the molecule is C=CC(=C)CS(C)(C)C. The fourth-order valence-electron chi connectivity index (χ4n) is 0.615. The maximum absolute atomic E-state index is 3.86. The third kappa shape index (κ3) is 5.71. The summed E-state index contributed by atoms with van der Waals surface area (Å²) in [6, 6.07) is 0. The molecule has 0 aliphatic heterocycles. The molecule has 0 heterocycles. The van der Waals surface area contributed by atoms with Gasteiger partial charge in [-0.2, -0.15) is 0 Å². The highest BCUT2D eigenvalue weighted by Gasteiger charge is 2.02. The van der Waals surface area contributed by atoms with E-state index < -0.39 is 10.0 Å². The fourth-order valence-corrected chi connectivity index (χ4v) is 1.85. The van der Waals surface area contributed by atoms with Crippen LogP contribution in [0.1, 0.15) is 0 Å². The predicted octanol–water partition coefficient (Wildman–Crippen LogP) is 2.42. The number of rotatable bonds is 3. The molecule has 0 rings (SSSR count). The van der Waals surface area contributed by atoms with Crippen LogP contribution in [0.2, 0.25) is 0 Å². The van der Waals surface area contributed by atoms with E-state index >= 15 is 0 Å². The Morgan fingerprint density at radius 3 is 2.00 bits per heavy atom. The second-order valence-corrected chi connectivity index (χ2v) is 7.57. The smallest absolute Gasteiger partial charge is 0.00116 e. The Kier molecular flexibility index (Phi) is 3.06. The second kappa shape index (κ2) is 3.11. The normalized spacial score (nSPS) is 12.8. The minimum absolute atomic E-state index is 0.406. The first-order chi connectivity index (χ1) is 3.95. The zero-order valence-electron chi connectivity index (χ0n) is 6.61. The highest BCUT2D eigenvalue weighted by molar-refractivity contribution is 8.32. The van der Waals surface area contributed by atoms with Crippen molar-refractivity contribution in [3.8, 4) is 0 Å². The molecule has 0 N–H and O–H groups in total. The maximum atomic E-state index is 3.86. The molecule has 0 aliphatic rings. The number of allylic oxidation sites excluding steroid dienone is 1. The van der Waals surface area contributed by atoms with Gasteiger partial charge in [0.25, 0.3) is 0 Å². The molecule has 0 fully saturated rings. The molecule has 54 valence electrons. The van der Waals surface area contributed by atoms with Crippen LogP contribution in [0.25, 0.3) is 0 Å². The van der Waals surface area contributed by atoms with Crippen molar-refractivity contribution in [3.05, 3.63) is 24.8 Å². The number of hydrogen-bond donors (Lipinski definition) is 0. The first-order valence-electron chi connectivity index (χ1n) is 2.92. The summed E-state index contributed by atoms with van der Waals surface area (Å²) in [6.45, 7) is 7.52. The van der Waals surface area contributed by atoms with Crippen molar-refractivity contribution in [2.45, 2.75) is 0 Å². The van der Waals surface area contributed by atoms with Crippen LogP contribution >= 0.6 is 10.0 Å². The Hall–Kier alpha value is -0.170. The van der Waals surface area contributed by atoms with Gasteiger partial charge in [0.15, 0.2) is 0 Å². The molecule has 0 radical (unpaired) electrons. The molecule has 0 aromatic rings. The number of hydrogen-bond acceptors (Lipinski definition) is 0. The van der Waals surface area contributed by atoms with Crippen molar-refractivity contribution in [1.29, 1.82) is 0 Å². The summed E-state index contributed by atoms with van der Waals surface area (Å²) < 4.78 is 0. The van der Waals surface area contributed by atoms with Gasteiger partial charge in [0, 0.05) is 5.75 Å². The van der Waals surface area contributed by atoms with E-state index in [0.717, 1.165) is 11.3 Å². The van der Waals surface area contributed by atoms with Gasteiger partial charge in [0.05, 0.1) is 0 Å². The third-order valence-electron chi connectivity index (χ3n) is 0.907. The van der Waals surface area contributed by atoms with Crippen molar-refractivity contribution in [3.63, 3.8) is 0 Å². The topological polar surface area (TPSA) is 0 Å². The van der Waals surface area contributed by atoms with Crippen molar-refractivity contribution >= 4 is 10.0 Å². The molecule has 0 aliphatic carbocycles. The largest absolute Gasteiger partial charge is 0.246 e. The van der Waals surface area contributed by atoms with Crippen molar-refractivity contribution in [2.24, 2.45) is 0 Å². The van der Waals surface area contributed by atoms with Gasteiger partial charge in [-0.15, -0.1) is 0 Å². The molecule has 0 atom stereocenters. The van der Waals surface area contributed by atoms with E-state index in [0.29, 0.717) is 0 Å². The lowest BCUT2D eigenvalue weighted by atomic mass is 10.4. The molecule has 1 heteroatoms. The van der Waals surface area contributed by atoms with Crippen LogP contribution in [-0.2, 0) is 0 Å². The Bertz CT molecular complexity index is 117. The summed E-state index contributed by atoms with van der Waals surface area (Å²) in [4.78, 5) is 0. The van der Waals surface area contributed by atoms with E-state index in [4.69, 9.17) is 0 Å². The highest BCUT2D eigenvalue weighted by atomic mass is 32.3. The summed E-state index contributed by atoms with van der Waals surface area (Å²) in [5, 5.41) is 0. The minimum atomic E-state index is -0.406. The van der Waals surface area contributed by atoms with E-state index in [1.54, 1.807) is 0 Å². The average Bonchev–Trinajstić information content (AvgIpc) is 1.62. The third-order valence-corrected chi connectivity index (χ3v) is 2.14. The van der Waals surface area contributed by atoms with E-state index in [1.807, 2.05) is 6.08 Å². The quantitative estimate of drug-likeness (QED) is 0.534. The van der Waals surface area contributed by atoms with Crippen LogP contribution < -0.4 is 0 Å². The molecule has 0 unspecified atom stereocenters. The van der Waals surface area contributed by atoms with Crippen LogP contribution in [0.5, 0.6) is 0 Å². The summed E-state index contributed by atoms with van der Waals surface area (Å²) in [5.41, 5.74) is 1.16. The second-order valence-electron chi connectivity index (χ2n) is 3.10. The van der Waals surface area contributed by atoms with Gasteiger partial charge in [-0.3, -0.25) is 0 Å². The van der Waals surface area contributed by atoms with Gasteiger partial charge in [0.2, 0.25) is 0 Å². The first-order valence-corrected chi connectivity index (χ1v) is 5.94. The molecular weight excluding hydrogens is 128 g/mol. The van der Waals surface area contributed by atoms with Gasteiger partial charge in [-0.05, 0) is 24.3 Å². The zero-order valence-corrected chi connectivity index (χ0v) is 7.42. The average molecular weight is 144 g/mol. The molecule has 0 nitrogen and oxygen atoms in total. The van der Waals surface area contributed by atoms with E-state index in [1.165, 1.54) is 0 Å². The van der Waals surface area contributed by atoms with Crippen LogP contribution in [0, 0.1) is 0 Å². The molecular formula is C8H16S. The molecule has 0 bridgehead atoms. The Morgan fingerprint density at radius 2 is 1.89 bits per heavy atom. The summed E-state index contributed by atoms with van der Waals surface area (Å²) in [6.07, 6.45) is 8.68. The Morgan fingerprint density at radius 1 is 1.44 bits per heavy atom. The van der Waals surface area contributed by atoms with Crippen molar-refractivity contribution in [1.82, 2.24) is 0 Å². The van der Waals surface area contributed by atoms with E-state index in [9.17, 15) is 0 Å². The summed E-state index contributed by atoms with van der Waals surface area (Å²) in [7, 11) is -0.406. The van der Waals surface area contributed by atoms with Gasteiger partial charge in [-0.25, -0.2) is 10.0 Å². The van der Waals surface area contributed by atoms with Crippen LogP contribution in [0.4, 0.5) is 0 Å². The lowest BCUT2D eigenvalue weighted by Gasteiger charge is -2.24. The first kappa shape index (κ1) is 8.83. The van der Waals surface area contributed by atoms with Gasteiger partial charge in [0.1, 0.15) is 0 Å². The van der Waals surface area contributed by atoms with Gasteiger partial charge in [-0.1, -0.05) is 19.2 Å². The standard InChI is InChI=1S/C8H16S/c1-6-8(2)7-9(3,4)5/h6H,1-2,7H2,3-5H3. The van der Waals surface area contributed by atoms with Crippen LogP contribution in [-0.4, -0.2) is 24.5 Å². The van der Waals surface area contributed by atoms with Crippen molar-refractivity contribution in [2.75, 3.05) is 24.5 Å². The van der Waals surface area contributed by atoms with E-state index in [2.05, 4.69) is 31.9 Å². The Balaban J connectivity index is 3.74. The molecule has 0 saturated carbocycles. The predicted molar refractivity (Wildman–Crippen MR) is 49.6 cm³/mol. The van der Waals surface area contributed by atoms with E-state index in [-0.39, 0.29) is 0 Å². The zero-order chi connectivity index (χ0) is 7.49. The molecule has 0 amide bonds.